The van der Waals surface area contributed by atoms with Crippen LogP contribution in [0.25, 0.3) is 11.1 Å². The highest BCUT2D eigenvalue weighted by molar-refractivity contribution is 5.85. The average Bonchev–Trinajstić information content (AvgIpc) is 3.04. The molecule has 0 bridgehead atoms. The van der Waals surface area contributed by atoms with Gasteiger partial charge in [0.25, 0.3) is 0 Å². The number of fused-ring (bicyclic) bond motifs is 1. The van der Waals surface area contributed by atoms with Crippen LogP contribution >= 0.6 is 0 Å². The maximum absolute atomic E-state index is 13.2. The van der Waals surface area contributed by atoms with Crippen LogP contribution in [0.15, 0.2) is 97.1 Å². The largest absolute Gasteiger partial charge is 0.459 e. The third kappa shape index (κ3) is 9.03. The first-order chi connectivity index (χ1) is 22.7. The van der Waals surface area contributed by atoms with Gasteiger partial charge in [-0.1, -0.05) is 93.6 Å². The Hall–Kier alpha value is -5.11. The van der Waals surface area contributed by atoms with Gasteiger partial charge in [-0.05, 0) is 90.3 Å². The highest BCUT2D eigenvalue weighted by atomic mass is 16.6. The molecule has 1 aliphatic rings. The predicted octanol–water partition coefficient (Wildman–Crippen LogP) is 8.77. The van der Waals surface area contributed by atoms with Crippen LogP contribution in [0.3, 0.4) is 0 Å². The molecule has 0 fully saturated rings. The van der Waals surface area contributed by atoms with Crippen molar-refractivity contribution < 1.29 is 28.6 Å². The summed E-state index contributed by atoms with van der Waals surface area (Å²) < 4.78 is 16.9. The van der Waals surface area contributed by atoms with E-state index in [1.807, 2.05) is 84.9 Å². The molecule has 0 saturated carbocycles. The van der Waals surface area contributed by atoms with Crippen molar-refractivity contribution >= 4 is 18.2 Å². The third-order valence-electron chi connectivity index (χ3n) is 8.15. The van der Waals surface area contributed by atoms with Gasteiger partial charge in [-0.2, -0.15) is 0 Å². The van der Waals surface area contributed by atoms with Crippen molar-refractivity contribution in [1.29, 1.82) is 0 Å². The lowest BCUT2D eigenvalue weighted by Gasteiger charge is -2.28. The zero-order valence-electron chi connectivity index (χ0n) is 28.5. The molecule has 1 heterocycles. The van der Waals surface area contributed by atoms with E-state index in [2.05, 4.69) is 38.2 Å². The van der Waals surface area contributed by atoms with Crippen molar-refractivity contribution in [2.45, 2.75) is 71.4 Å². The van der Waals surface area contributed by atoms with Crippen molar-refractivity contribution in [3.8, 4) is 22.6 Å². The quantitative estimate of drug-likeness (QED) is 0.159. The Bertz CT molecular complexity index is 1740. The fourth-order valence-corrected chi connectivity index (χ4v) is 5.53. The van der Waals surface area contributed by atoms with Gasteiger partial charge in [0.05, 0.1) is 5.92 Å². The van der Waals surface area contributed by atoms with Gasteiger partial charge in [0.15, 0.2) is 0 Å². The summed E-state index contributed by atoms with van der Waals surface area (Å²) in [5.41, 5.74) is 5.30. The Morgan fingerprint density at radius 3 is 2.06 bits per heavy atom. The Labute approximate surface area is 283 Å². The molecule has 1 N–H and O–H groups in total. The Balaban J connectivity index is 1.20. The molecule has 48 heavy (non-hydrogen) atoms. The molecule has 1 aliphatic heterocycles. The van der Waals surface area contributed by atoms with E-state index >= 15 is 0 Å². The van der Waals surface area contributed by atoms with E-state index in [0.717, 1.165) is 28.0 Å². The van der Waals surface area contributed by atoms with Crippen LogP contribution in [0, 0.1) is 0 Å². The molecule has 2 amide bonds. The molecule has 4 aromatic carbocycles. The van der Waals surface area contributed by atoms with Crippen LogP contribution in [0.2, 0.25) is 0 Å². The Kier molecular flexibility index (Phi) is 10.2. The number of ether oxygens (including phenoxy) is 3. The van der Waals surface area contributed by atoms with Gasteiger partial charge in [-0.15, -0.1) is 0 Å². The second kappa shape index (κ2) is 14.3. The molecular formula is C40H44N2O6. The van der Waals surface area contributed by atoms with Crippen molar-refractivity contribution in [3.63, 3.8) is 0 Å². The van der Waals surface area contributed by atoms with Crippen molar-refractivity contribution in [2.75, 3.05) is 13.1 Å². The summed E-state index contributed by atoms with van der Waals surface area (Å²) in [4.78, 5) is 40.5. The van der Waals surface area contributed by atoms with Crippen LogP contribution in [0.1, 0.15) is 69.7 Å². The molecule has 250 valence electrons. The zero-order chi connectivity index (χ0) is 34.5. The topological polar surface area (TPSA) is 94.2 Å². The lowest BCUT2D eigenvalue weighted by Crippen LogP contribution is -2.41. The minimum Gasteiger partial charge on any atom is -0.459 e. The molecule has 0 spiro atoms. The summed E-state index contributed by atoms with van der Waals surface area (Å²) in [5, 5.41) is 2.60. The average molecular weight is 649 g/mol. The highest BCUT2D eigenvalue weighted by Crippen LogP contribution is 2.30. The summed E-state index contributed by atoms with van der Waals surface area (Å²) in [6.45, 7) is 12.4. The first-order valence-electron chi connectivity index (χ1n) is 16.3. The molecule has 0 aromatic heterocycles. The lowest BCUT2D eigenvalue weighted by molar-refractivity contribution is -0.156. The number of rotatable bonds is 7. The molecule has 8 heteroatoms. The van der Waals surface area contributed by atoms with Gasteiger partial charge < -0.3 is 24.4 Å². The second-order valence-electron chi connectivity index (χ2n) is 14.1. The fourth-order valence-electron chi connectivity index (χ4n) is 5.53. The van der Waals surface area contributed by atoms with Gasteiger partial charge in [0.1, 0.15) is 17.1 Å². The van der Waals surface area contributed by atoms with E-state index in [-0.39, 0.29) is 18.5 Å². The summed E-state index contributed by atoms with van der Waals surface area (Å²) >= 11 is 0. The van der Waals surface area contributed by atoms with Crippen molar-refractivity contribution in [1.82, 2.24) is 10.2 Å². The summed E-state index contributed by atoms with van der Waals surface area (Å²) in [7, 11) is 0. The number of hydrogen-bond acceptors (Lipinski definition) is 6. The summed E-state index contributed by atoms with van der Waals surface area (Å²) in [5.74, 6) is 0.0952. The number of carbonyl (C=O) groups excluding carboxylic acids is 3. The Morgan fingerprint density at radius 2 is 1.42 bits per heavy atom. The smallest absolute Gasteiger partial charge is 0.419 e. The van der Waals surface area contributed by atoms with E-state index < -0.39 is 29.7 Å². The summed E-state index contributed by atoms with van der Waals surface area (Å²) in [6.07, 6.45) is -1.08. The molecule has 0 aliphatic carbocycles. The number of carbonyl (C=O) groups is 3. The minimum absolute atomic E-state index is 0.0498. The third-order valence-corrected chi connectivity index (χ3v) is 8.15. The van der Waals surface area contributed by atoms with E-state index in [1.165, 1.54) is 10.5 Å². The van der Waals surface area contributed by atoms with Gasteiger partial charge in [0.2, 0.25) is 0 Å². The number of benzene rings is 4. The summed E-state index contributed by atoms with van der Waals surface area (Å²) in [6, 6.07) is 31.3. The number of esters is 1. The van der Waals surface area contributed by atoms with E-state index in [9.17, 15) is 14.4 Å². The van der Waals surface area contributed by atoms with E-state index in [4.69, 9.17) is 14.2 Å². The van der Waals surface area contributed by atoms with Gasteiger partial charge in [0, 0.05) is 19.6 Å². The first-order valence-corrected chi connectivity index (χ1v) is 16.3. The molecule has 4 aromatic rings. The molecule has 1 atom stereocenters. The number of nitrogens with zero attached hydrogens (tertiary/aromatic N) is 1. The molecule has 5 rings (SSSR count). The zero-order valence-corrected chi connectivity index (χ0v) is 28.5. The van der Waals surface area contributed by atoms with Gasteiger partial charge in [-0.25, -0.2) is 9.59 Å². The normalized spacial score (nSPS) is 13.6. The fraction of sp³-hybridized carbons (Fsp3) is 0.325. The maximum atomic E-state index is 13.2. The van der Waals surface area contributed by atoms with Crippen LogP contribution in [-0.4, -0.2) is 41.7 Å². The van der Waals surface area contributed by atoms with Crippen LogP contribution in [0.5, 0.6) is 11.5 Å². The standard InChI is InChI=1S/C40H44N2O6/c1-39(2,3)32-17-20-33(21-18-32)46-34-19-16-29-22-23-42(26-31(29)24-34)38(45)47-37(44)41-25-35(36(43)48-40(4,5)6)30-14-12-28(13-15-30)27-10-8-7-9-11-27/h7-21,24,35H,22-23,25-26H2,1-6H3,(H,41,44). The second-order valence-corrected chi connectivity index (χ2v) is 14.1. The minimum atomic E-state index is -0.934. The van der Waals surface area contributed by atoms with Gasteiger partial charge >= 0.3 is 18.2 Å². The SMILES string of the molecule is CC(C)(C)OC(=O)C(CNC(=O)OC(=O)N1CCc2ccc(Oc3ccc(C(C)(C)C)cc3)cc2C1)c1ccc(-c2ccccc2)cc1. The molecule has 0 saturated heterocycles. The van der Waals surface area contributed by atoms with Crippen molar-refractivity contribution in [3.05, 3.63) is 119 Å². The Morgan fingerprint density at radius 1 is 0.771 bits per heavy atom. The number of hydrogen-bond donors (Lipinski definition) is 1. The predicted molar refractivity (Wildman–Crippen MR) is 186 cm³/mol. The van der Waals surface area contributed by atoms with E-state index in [0.29, 0.717) is 24.3 Å². The van der Waals surface area contributed by atoms with Crippen molar-refractivity contribution in [2.24, 2.45) is 0 Å². The molecule has 8 nitrogen and oxygen atoms in total. The monoisotopic (exact) mass is 648 g/mol. The molecular weight excluding hydrogens is 604 g/mol. The van der Waals surface area contributed by atoms with Crippen LogP contribution < -0.4 is 10.1 Å². The van der Waals surface area contributed by atoms with E-state index in [1.54, 1.807) is 20.8 Å². The van der Waals surface area contributed by atoms with Crippen LogP contribution in [-0.2, 0) is 32.6 Å². The number of nitrogens with one attached hydrogen (secondary N) is 1. The molecule has 0 radical (unpaired) electrons. The van der Waals surface area contributed by atoms with Gasteiger partial charge in [-0.3, -0.25) is 4.79 Å². The number of alkyl carbamates (subject to hydrolysis) is 1. The first kappa shape index (κ1) is 34.2. The lowest BCUT2D eigenvalue weighted by atomic mass is 9.87. The number of amides is 2. The van der Waals surface area contributed by atoms with Crippen LogP contribution in [0.4, 0.5) is 9.59 Å². The molecule has 1 unspecified atom stereocenters. The maximum Gasteiger partial charge on any atom is 0.419 e. The highest BCUT2D eigenvalue weighted by Gasteiger charge is 2.29.